The van der Waals surface area contributed by atoms with E-state index in [9.17, 15) is 21.6 Å². The maximum atomic E-state index is 15.1. The Morgan fingerprint density at radius 1 is 1.16 bits per heavy atom. The van der Waals surface area contributed by atoms with Crippen molar-refractivity contribution in [3.8, 4) is 23.6 Å². The number of hydrogen-bond acceptors (Lipinski definition) is 8. The summed E-state index contributed by atoms with van der Waals surface area (Å²) in [5.74, 6) is 1.22. The van der Waals surface area contributed by atoms with Crippen molar-refractivity contribution < 1.29 is 26.0 Å². The number of aromatic nitrogens is 3. The van der Waals surface area contributed by atoms with Crippen LogP contribution >= 0.6 is 0 Å². The first-order chi connectivity index (χ1) is 20.2. The molecular weight excluding hydrogens is 586 g/mol. The molecule has 0 spiro atoms. The molecular formula is C29H31F4N7O2S. The fraction of sp³-hybridized carbons (Fsp3) is 0.379. The molecule has 0 saturated heterocycles. The molecule has 1 fully saturated rings. The molecule has 2 heterocycles. The normalized spacial score (nSPS) is 18.5. The topological polar surface area (TPSA) is 112 Å². The minimum absolute atomic E-state index is 0.271. The summed E-state index contributed by atoms with van der Waals surface area (Å²) in [6.45, 7) is 1.83. The van der Waals surface area contributed by atoms with Crippen LogP contribution in [0.3, 0.4) is 0 Å². The molecule has 0 unspecified atom stereocenters. The summed E-state index contributed by atoms with van der Waals surface area (Å²) in [5, 5.41) is 3.41. The molecule has 1 aromatic carbocycles. The summed E-state index contributed by atoms with van der Waals surface area (Å²) in [7, 11) is 0.00509. The van der Waals surface area contributed by atoms with Gasteiger partial charge in [-0.2, -0.15) is 13.2 Å². The number of aliphatic imine (C=N–C) groups is 1. The third kappa shape index (κ3) is 7.29. The molecule has 0 aliphatic heterocycles. The van der Waals surface area contributed by atoms with Crippen molar-refractivity contribution in [2.24, 2.45) is 4.99 Å². The maximum Gasteiger partial charge on any atom is 0.434 e. The van der Waals surface area contributed by atoms with Gasteiger partial charge in [-0.25, -0.2) is 27.8 Å². The van der Waals surface area contributed by atoms with Crippen molar-refractivity contribution in [2.75, 3.05) is 31.2 Å². The van der Waals surface area contributed by atoms with Crippen LogP contribution in [0.1, 0.15) is 31.2 Å². The summed E-state index contributed by atoms with van der Waals surface area (Å²) >= 11 is 0. The van der Waals surface area contributed by atoms with Crippen molar-refractivity contribution in [3.63, 3.8) is 0 Å². The first-order valence-corrected chi connectivity index (χ1v) is 14.8. The van der Waals surface area contributed by atoms with Crippen molar-refractivity contribution >= 4 is 38.4 Å². The van der Waals surface area contributed by atoms with E-state index >= 15 is 4.39 Å². The number of fused-ring (bicyclic) bond motifs is 1. The van der Waals surface area contributed by atoms with Gasteiger partial charge in [0.2, 0.25) is 5.95 Å². The predicted octanol–water partition coefficient (Wildman–Crippen LogP) is 5.32. The third-order valence-corrected chi connectivity index (χ3v) is 8.61. The smallest absolute Gasteiger partial charge is 0.351 e. The first kappa shape index (κ1) is 31.8. The Morgan fingerprint density at radius 2 is 1.86 bits per heavy atom. The first-order valence-electron chi connectivity index (χ1n) is 13.3. The van der Waals surface area contributed by atoms with E-state index in [-0.39, 0.29) is 6.04 Å². The highest BCUT2D eigenvalue weighted by Crippen LogP contribution is 2.30. The summed E-state index contributed by atoms with van der Waals surface area (Å²) < 4.78 is 82.6. The monoisotopic (exact) mass is 617 g/mol. The van der Waals surface area contributed by atoms with Crippen LogP contribution in [0.2, 0.25) is 0 Å². The van der Waals surface area contributed by atoms with Crippen LogP contribution in [0.15, 0.2) is 46.4 Å². The Hall–Kier alpha value is -4.09. The SMILES string of the molecule is C#C/C=C(\C(=N/C)C(F)(F)F)S(=O)(=O)Nc1ccc(-c2cc(C)c3nc(N[C@H]4CC[C@H](N(C)C)CC4)ncc3n2)cc1F. The van der Waals surface area contributed by atoms with Gasteiger partial charge in [-0.15, -0.1) is 6.42 Å². The van der Waals surface area contributed by atoms with Gasteiger partial charge < -0.3 is 10.2 Å². The number of rotatable bonds is 8. The quantitative estimate of drug-likeness (QED) is 0.200. The van der Waals surface area contributed by atoms with Crippen LogP contribution < -0.4 is 10.0 Å². The van der Waals surface area contributed by atoms with Gasteiger partial charge in [0.25, 0.3) is 10.0 Å². The zero-order chi connectivity index (χ0) is 31.5. The van der Waals surface area contributed by atoms with Crippen molar-refractivity contribution in [1.82, 2.24) is 19.9 Å². The Balaban J connectivity index is 1.56. The molecule has 0 amide bonds. The Kier molecular flexibility index (Phi) is 9.36. The molecule has 1 aliphatic rings. The molecule has 0 radical (unpaired) electrons. The highest BCUT2D eigenvalue weighted by Gasteiger charge is 2.42. The number of nitrogens with zero attached hydrogens (tertiary/aromatic N) is 5. The number of anilines is 2. The largest absolute Gasteiger partial charge is 0.434 e. The van der Waals surface area contributed by atoms with Crippen LogP contribution in [0, 0.1) is 25.1 Å². The lowest BCUT2D eigenvalue weighted by atomic mass is 9.91. The third-order valence-electron chi connectivity index (χ3n) is 7.24. The molecule has 2 aromatic heterocycles. The molecule has 0 bridgehead atoms. The second-order valence-corrected chi connectivity index (χ2v) is 12.1. The fourth-order valence-electron chi connectivity index (χ4n) is 5.00. The average molecular weight is 618 g/mol. The van der Waals surface area contributed by atoms with E-state index in [4.69, 9.17) is 6.42 Å². The van der Waals surface area contributed by atoms with Gasteiger partial charge in [-0.3, -0.25) is 9.71 Å². The van der Waals surface area contributed by atoms with Crippen LogP contribution in [0.25, 0.3) is 22.3 Å². The standard InChI is InChI=1S/C29H31F4N7O2S/c1-6-7-25(27(34-3)29(31,32)33)43(41,42)39-22-13-8-18(15-21(22)30)23-14-17(2)26-24(37-23)16-35-28(38-26)36-19-9-11-20(12-10-19)40(4)5/h1,7-8,13-16,19-20,39H,9-12H2,2-5H3,(H,35,36,38)/b25-7+,34-27+/t19-,20-. The van der Waals surface area contributed by atoms with Gasteiger partial charge in [0, 0.05) is 30.8 Å². The summed E-state index contributed by atoms with van der Waals surface area (Å²) in [4.78, 5) is 17.6. The van der Waals surface area contributed by atoms with E-state index in [1.807, 2.05) is 11.6 Å². The van der Waals surface area contributed by atoms with E-state index in [2.05, 4.69) is 44.3 Å². The van der Waals surface area contributed by atoms with Gasteiger partial charge in [0.1, 0.15) is 16.2 Å². The van der Waals surface area contributed by atoms with Crippen LogP contribution in [0.5, 0.6) is 0 Å². The lowest BCUT2D eigenvalue weighted by Gasteiger charge is -2.32. The lowest BCUT2D eigenvalue weighted by molar-refractivity contribution is -0.0580. The number of alkyl halides is 3. The number of benzene rings is 1. The highest BCUT2D eigenvalue weighted by molar-refractivity contribution is 7.97. The zero-order valence-corrected chi connectivity index (χ0v) is 24.8. The van der Waals surface area contributed by atoms with E-state index in [0.717, 1.165) is 50.4 Å². The minimum atomic E-state index is -5.11. The van der Waals surface area contributed by atoms with Gasteiger partial charge in [-0.1, -0.05) is 12.0 Å². The maximum absolute atomic E-state index is 15.1. The summed E-state index contributed by atoms with van der Waals surface area (Å²) in [6, 6.07) is 6.05. The highest BCUT2D eigenvalue weighted by atomic mass is 32.2. The van der Waals surface area contributed by atoms with E-state index in [1.165, 1.54) is 6.07 Å². The number of aryl methyl sites for hydroxylation is 1. The molecule has 2 N–H and O–H groups in total. The van der Waals surface area contributed by atoms with E-state index in [1.54, 1.807) is 18.2 Å². The number of pyridine rings is 1. The second-order valence-electron chi connectivity index (χ2n) is 10.4. The van der Waals surface area contributed by atoms with Gasteiger partial charge >= 0.3 is 6.18 Å². The number of allylic oxidation sites excluding steroid dienone is 2. The molecule has 228 valence electrons. The number of nitrogens with one attached hydrogen (secondary N) is 2. The summed E-state index contributed by atoms with van der Waals surface area (Å²) in [5.41, 5.74) is 0.229. The summed E-state index contributed by atoms with van der Waals surface area (Å²) in [6.07, 6.45) is 6.12. The van der Waals surface area contributed by atoms with Crippen LogP contribution in [-0.2, 0) is 10.0 Å². The molecule has 0 atom stereocenters. The molecule has 14 heteroatoms. The second kappa shape index (κ2) is 12.6. The molecule has 9 nitrogen and oxygen atoms in total. The van der Waals surface area contributed by atoms with Crippen molar-refractivity contribution in [3.05, 3.63) is 52.8 Å². The molecule has 4 rings (SSSR count). The number of terminal acetylenes is 1. The van der Waals surface area contributed by atoms with Gasteiger partial charge in [-0.05, 0) is 70.5 Å². The van der Waals surface area contributed by atoms with Crippen molar-refractivity contribution in [1.29, 1.82) is 0 Å². The predicted molar refractivity (Wildman–Crippen MR) is 160 cm³/mol. The Bertz CT molecular complexity index is 1720. The molecule has 1 saturated carbocycles. The Morgan fingerprint density at radius 3 is 2.44 bits per heavy atom. The van der Waals surface area contributed by atoms with E-state index in [0.29, 0.717) is 40.4 Å². The van der Waals surface area contributed by atoms with Crippen LogP contribution in [-0.4, -0.2) is 73.4 Å². The van der Waals surface area contributed by atoms with Crippen molar-refractivity contribution in [2.45, 2.75) is 50.9 Å². The Labute approximate surface area is 247 Å². The number of halogens is 4. The molecule has 3 aromatic rings. The zero-order valence-electron chi connectivity index (χ0n) is 24.0. The number of hydrogen-bond donors (Lipinski definition) is 2. The van der Waals surface area contributed by atoms with Crippen LogP contribution in [0.4, 0.5) is 29.2 Å². The fourth-order valence-corrected chi connectivity index (χ4v) is 6.25. The lowest BCUT2D eigenvalue weighted by Crippen LogP contribution is -2.36. The average Bonchev–Trinajstić information content (AvgIpc) is 2.94. The molecule has 1 aliphatic carbocycles. The van der Waals surface area contributed by atoms with Gasteiger partial charge in [0.05, 0.1) is 23.1 Å². The molecule has 43 heavy (non-hydrogen) atoms. The number of sulfonamides is 1. The van der Waals surface area contributed by atoms with E-state index < -0.39 is 38.3 Å². The minimum Gasteiger partial charge on any atom is -0.351 e. The van der Waals surface area contributed by atoms with Gasteiger partial charge in [0.15, 0.2) is 5.71 Å².